The predicted molar refractivity (Wildman–Crippen MR) is 402 cm³/mol. The number of aryl methyl sites for hydroxylation is 7. The first kappa shape index (κ1) is 70.0. The topological polar surface area (TPSA) is 106 Å². The van der Waals surface area contributed by atoms with Gasteiger partial charge in [-0.1, -0.05) is 81.4 Å². The van der Waals surface area contributed by atoms with Crippen LogP contribution in [0.25, 0.3) is 68.4 Å². The third kappa shape index (κ3) is 12.9. The van der Waals surface area contributed by atoms with E-state index < -0.39 is 0 Å². The van der Waals surface area contributed by atoms with Gasteiger partial charge in [-0.3, -0.25) is 4.90 Å². The molecule has 0 aliphatic carbocycles. The fourth-order valence-corrected chi connectivity index (χ4v) is 13.3. The molecule has 5 atom stereocenters. The van der Waals surface area contributed by atoms with Gasteiger partial charge in [-0.25, -0.2) is 9.97 Å². The molecule has 5 aromatic carbocycles. The molecule has 19 nitrogen and oxygen atoms in total. The van der Waals surface area contributed by atoms with E-state index in [0.717, 1.165) is 60.9 Å². The minimum Gasteiger partial charge on any atom is -0.438 e. The summed E-state index contributed by atoms with van der Waals surface area (Å²) >= 11 is 0. The normalized spacial score (nSPS) is 18.5. The number of hydrogen-bond donors (Lipinski definition) is 0. The second kappa shape index (κ2) is 28.5. The summed E-state index contributed by atoms with van der Waals surface area (Å²) in [6, 6.07) is 30.9. The number of furan rings is 2. The van der Waals surface area contributed by atoms with Crippen LogP contribution in [0.1, 0.15) is 90.3 Å². The highest BCUT2D eigenvalue weighted by Crippen LogP contribution is 2.43. The van der Waals surface area contributed by atoms with Crippen LogP contribution in [0.4, 0.5) is 28.4 Å². The molecular formula is C80H87N17O2. The molecule has 0 amide bonds. The lowest BCUT2D eigenvalue weighted by atomic mass is 9.97. The van der Waals surface area contributed by atoms with Gasteiger partial charge in [0.2, 0.25) is 40.5 Å². The molecule has 0 bridgehead atoms. The molecule has 4 aromatic heterocycles. The maximum atomic E-state index is 7.33. The van der Waals surface area contributed by atoms with Gasteiger partial charge in [0.25, 0.3) is 0 Å². The van der Waals surface area contributed by atoms with Crippen LogP contribution in [0, 0.1) is 102 Å². The Labute approximate surface area is 583 Å². The molecule has 0 radical (unpaired) electrons. The molecule has 9 aromatic rings. The number of fused-ring (bicyclic) bond motifs is 6. The quantitative estimate of drug-likeness (QED) is 0.153. The van der Waals surface area contributed by atoms with E-state index in [-0.39, 0.29) is 30.8 Å². The molecule has 0 saturated carbocycles. The Hall–Kier alpha value is -11.9. The van der Waals surface area contributed by atoms with E-state index >= 15 is 0 Å². The van der Waals surface area contributed by atoms with Gasteiger partial charge < -0.3 is 77.2 Å². The number of anilines is 5. The number of pyridine rings is 2. The van der Waals surface area contributed by atoms with Crippen LogP contribution < -0.4 is 24.5 Å². The van der Waals surface area contributed by atoms with Crippen molar-refractivity contribution < 1.29 is 8.83 Å². The number of benzene rings is 5. The van der Waals surface area contributed by atoms with Gasteiger partial charge in [0.1, 0.15) is 11.3 Å². The smallest absolute Gasteiger partial charge is 0.247 e. The maximum Gasteiger partial charge on any atom is 0.247 e. The van der Waals surface area contributed by atoms with Crippen LogP contribution in [0.3, 0.4) is 0 Å². The molecule has 5 aliphatic rings. The molecular weight excluding hydrogens is 1230 g/mol. The molecule has 0 N–H and O–H groups in total. The highest BCUT2D eigenvalue weighted by molar-refractivity contribution is 6.09. The number of rotatable bonds is 5. The zero-order valence-corrected chi connectivity index (χ0v) is 60.5. The minimum atomic E-state index is 0.0598. The molecule has 9 heterocycles. The zero-order chi connectivity index (χ0) is 71.7. The predicted octanol–water partition coefficient (Wildman–Crippen LogP) is 18.2. The van der Waals surface area contributed by atoms with Crippen molar-refractivity contribution in [1.29, 1.82) is 0 Å². The first-order valence-electron chi connectivity index (χ1n) is 33.0. The van der Waals surface area contributed by atoms with Crippen molar-refractivity contribution >= 4 is 72.6 Å². The molecule has 5 aliphatic heterocycles. The Morgan fingerprint density at radius 3 is 1.33 bits per heavy atom. The van der Waals surface area contributed by atoms with Crippen molar-refractivity contribution in [1.82, 2.24) is 34.5 Å². The third-order valence-electron chi connectivity index (χ3n) is 20.2. The number of nitrogens with zero attached hydrogens (tertiary/aromatic N) is 17. The molecule has 0 unspecified atom stereocenters. The highest BCUT2D eigenvalue weighted by Gasteiger charge is 2.36. The molecule has 0 saturated heterocycles. The highest BCUT2D eigenvalue weighted by atomic mass is 16.3. The summed E-state index contributed by atoms with van der Waals surface area (Å²) < 4.78 is 11.9. The number of hydrogen-bond acceptors (Lipinski definition) is 14. The van der Waals surface area contributed by atoms with E-state index in [1.807, 2.05) is 128 Å². The van der Waals surface area contributed by atoms with Gasteiger partial charge in [-0.2, -0.15) is 0 Å². The first-order chi connectivity index (χ1) is 47.2. The molecule has 99 heavy (non-hydrogen) atoms. The number of aromatic nitrogens is 2. The Bertz CT molecular complexity index is 5030. The van der Waals surface area contributed by atoms with Gasteiger partial charge in [-0.15, -0.1) is 0 Å². The van der Waals surface area contributed by atoms with Crippen LogP contribution in [-0.2, 0) is 0 Å². The molecule has 0 fully saturated rings. The zero-order valence-electron chi connectivity index (χ0n) is 60.5. The summed E-state index contributed by atoms with van der Waals surface area (Å²) in [5.74, 6) is 3.35. The third-order valence-corrected chi connectivity index (χ3v) is 20.2. The van der Waals surface area contributed by atoms with E-state index in [1.54, 1.807) is 12.4 Å². The van der Waals surface area contributed by atoms with E-state index in [1.165, 1.54) is 55.9 Å². The summed E-state index contributed by atoms with van der Waals surface area (Å²) in [5, 5.41) is 4.16. The average Bonchev–Trinajstić information content (AvgIpc) is 1.61. The summed E-state index contributed by atoms with van der Waals surface area (Å²) in [6.07, 6.45) is 13.8. The summed E-state index contributed by atoms with van der Waals surface area (Å²) in [6.45, 7) is 68.0. The Morgan fingerprint density at radius 2 is 0.808 bits per heavy atom. The largest absolute Gasteiger partial charge is 0.438 e. The minimum absolute atomic E-state index is 0.0598. The number of para-hydroxylation sites is 1. The van der Waals surface area contributed by atoms with Gasteiger partial charge in [-0.05, 0) is 196 Å². The first-order valence-corrected chi connectivity index (χ1v) is 33.0. The van der Waals surface area contributed by atoms with E-state index in [9.17, 15) is 0 Å². The van der Waals surface area contributed by atoms with Gasteiger partial charge in [0.15, 0.2) is 36.4 Å². The van der Waals surface area contributed by atoms with E-state index in [0.29, 0.717) is 40.5 Å². The summed E-state index contributed by atoms with van der Waals surface area (Å²) in [5.41, 5.74) is 21.1. The van der Waals surface area contributed by atoms with Gasteiger partial charge in [0, 0.05) is 95.1 Å². The average molecular weight is 1320 g/mol. The SMILES string of the molecule is [C-]#[N+]C1=CN(C)[C@H](C)N1c1ccccc1C.[C-]#[N+]C1=CN(c2c(C)cc(C)c(C)c2C)[C@@H](C)N1C.[C-]#[N+]C1=CN(c2c(C)ccc(C)c2C)[C@@H](C)N1C.[C-]#[N+]C1=CN(c2c(C)ccc3c2oc2ncccc23)[C@@H](C)N1C.[C-]#[N+]C1=CN(c2cc3oc4ncccc4c3cc2C)[C@@H](C)N1C. The van der Waals surface area contributed by atoms with Crippen molar-refractivity contribution in [2.24, 2.45) is 0 Å². The van der Waals surface area contributed by atoms with Crippen LogP contribution >= 0.6 is 0 Å². The van der Waals surface area contributed by atoms with Crippen molar-refractivity contribution in [3.8, 4) is 0 Å². The van der Waals surface area contributed by atoms with Gasteiger partial charge >= 0.3 is 0 Å². The standard InChI is InChI=1S/2C18H16N4O.C16H21N3.C15H19N3.C13H15N3/c1-11-7-8-13-14-6-5-9-20-18(14)23-17(13)16(11)22-10-15(19-3)21(4)12(22)2;1-11-8-14-13-6-5-7-20-18(13)23-16(14)9-15(11)22-10-17(19-3)21(4)12(22)2;1-10-8-11(2)16(13(4)12(10)3)19-9-15(17-6)18(7)14(19)5;1-10-7-8-11(2)15(12(10)3)18-9-14(16-5)17(6)13(18)4;1-10-7-5-6-8-12(10)16-11(2)15(4)9-13(16)14-3/h2*5-10,12H,1-2,4H3;8-9,14H,1-5,7H3;7-9,13H,1-4,6H3;5-9,11H,1-2,4H3/t2*12-;14-;13-;11-/m00000/s1. The van der Waals surface area contributed by atoms with Crippen LogP contribution in [-0.4, -0.2) is 101 Å². The van der Waals surface area contributed by atoms with E-state index in [4.69, 9.17) is 41.7 Å². The lowest BCUT2D eigenvalue weighted by Crippen LogP contribution is -2.35. The Balaban J connectivity index is 0.000000135. The van der Waals surface area contributed by atoms with Gasteiger partial charge in [0.05, 0.1) is 33.9 Å². The van der Waals surface area contributed by atoms with Crippen LogP contribution in [0.2, 0.25) is 0 Å². The lowest BCUT2D eigenvalue weighted by molar-refractivity contribution is 0.364. The second-order valence-electron chi connectivity index (χ2n) is 26.0. The maximum absolute atomic E-state index is 7.33. The molecule has 14 rings (SSSR count). The molecule has 504 valence electrons. The van der Waals surface area contributed by atoms with Crippen molar-refractivity contribution in [3.05, 3.63) is 276 Å². The van der Waals surface area contributed by atoms with Crippen molar-refractivity contribution in [3.63, 3.8) is 0 Å². The lowest BCUT2D eigenvalue weighted by Gasteiger charge is -2.29. The fourth-order valence-electron chi connectivity index (χ4n) is 13.3. The summed E-state index contributed by atoms with van der Waals surface area (Å²) in [7, 11) is 9.81. The molecule has 0 spiro atoms. The molecule has 19 heteroatoms. The summed E-state index contributed by atoms with van der Waals surface area (Å²) in [4.78, 5) is 47.2. The monoisotopic (exact) mass is 1320 g/mol. The Kier molecular flexibility index (Phi) is 20.1. The fraction of sp³-hybridized carbons (Fsp3) is 0.312. The van der Waals surface area contributed by atoms with Crippen LogP contribution in [0.15, 0.2) is 172 Å². The second-order valence-corrected chi connectivity index (χ2v) is 26.0. The Morgan fingerprint density at radius 1 is 0.354 bits per heavy atom. The van der Waals surface area contributed by atoms with Crippen molar-refractivity contribution in [2.45, 2.75) is 135 Å². The van der Waals surface area contributed by atoms with Crippen molar-refractivity contribution in [2.75, 3.05) is 59.7 Å². The van der Waals surface area contributed by atoms with E-state index in [2.05, 4.69) is 216 Å². The van der Waals surface area contributed by atoms with Crippen LogP contribution in [0.5, 0.6) is 0 Å².